The van der Waals surface area contributed by atoms with Gasteiger partial charge in [0.2, 0.25) is 0 Å². The van der Waals surface area contributed by atoms with Crippen LogP contribution in [0.1, 0.15) is 25.8 Å². The molecule has 102 valence electrons. The van der Waals surface area contributed by atoms with Gasteiger partial charge in [-0.2, -0.15) is 0 Å². The average molecular weight is 251 g/mol. The molecule has 0 aromatic carbocycles. The van der Waals surface area contributed by atoms with Crippen molar-refractivity contribution in [1.82, 2.24) is 9.88 Å². The number of hydrogen-bond acceptors (Lipinski definition) is 4. The Labute approximate surface area is 110 Å². The largest absolute Gasteiger partial charge is 0.385 e. The molecular formula is C14H25N3O. The predicted molar refractivity (Wildman–Crippen MR) is 74.3 cm³/mol. The molecule has 4 heteroatoms. The van der Waals surface area contributed by atoms with Gasteiger partial charge in [-0.1, -0.05) is 6.92 Å². The number of rotatable bonds is 8. The first-order valence-electron chi connectivity index (χ1n) is 6.49. The minimum Gasteiger partial charge on any atom is -0.385 e. The number of ether oxygens (including phenoxy) is 1. The molecule has 1 aromatic rings. The summed E-state index contributed by atoms with van der Waals surface area (Å²) in [5.41, 5.74) is 7.22. The zero-order chi connectivity index (χ0) is 13.4. The van der Waals surface area contributed by atoms with Crippen LogP contribution in [0.25, 0.3) is 0 Å². The summed E-state index contributed by atoms with van der Waals surface area (Å²) in [7, 11) is 1.73. The van der Waals surface area contributed by atoms with Crippen molar-refractivity contribution in [2.45, 2.75) is 32.4 Å². The molecule has 1 unspecified atom stereocenters. The molecule has 18 heavy (non-hydrogen) atoms. The lowest BCUT2D eigenvalue weighted by Gasteiger charge is -2.40. The summed E-state index contributed by atoms with van der Waals surface area (Å²) in [4.78, 5) is 6.45. The minimum atomic E-state index is -0.0198. The second-order valence-electron chi connectivity index (χ2n) is 4.81. The van der Waals surface area contributed by atoms with Crippen LogP contribution in [0.3, 0.4) is 0 Å². The van der Waals surface area contributed by atoms with Gasteiger partial charge in [-0.05, 0) is 37.6 Å². The molecule has 4 nitrogen and oxygen atoms in total. The van der Waals surface area contributed by atoms with Gasteiger partial charge in [0, 0.05) is 44.7 Å². The van der Waals surface area contributed by atoms with Crippen LogP contribution in [0.2, 0.25) is 0 Å². The molecule has 0 saturated heterocycles. The lowest BCUT2D eigenvalue weighted by molar-refractivity contribution is 0.0665. The number of methoxy groups -OCH3 is 1. The van der Waals surface area contributed by atoms with E-state index >= 15 is 0 Å². The fraction of sp³-hybridized carbons (Fsp3) is 0.643. The molecule has 1 atom stereocenters. The third kappa shape index (κ3) is 4.05. The molecule has 0 saturated carbocycles. The molecule has 0 aliphatic heterocycles. The molecule has 0 bridgehead atoms. The SMILES string of the molecule is CCN(Cc1ccncc1)C(C)(CN)CCOC. The predicted octanol–water partition coefficient (Wildman–Crippen LogP) is 1.66. The van der Waals surface area contributed by atoms with E-state index < -0.39 is 0 Å². The maximum atomic E-state index is 5.97. The van der Waals surface area contributed by atoms with Crippen molar-refractivity contribution in [3.63, 3.8) is 0 Å². The van der Waals surface area contributed by atoms with Gasteiger partial charge >= 0.3 is 0 Å². The molecule has 1 aromatic heterocycles. The molecule has 0 aliphatic rings. The van der Waals surface area contributed by atoms with Crippen LogP contribution in [0, 0.1) is 0 Å². The maximum Gasteiger partial charge on any atom is 0.0480 e. The van der Waals surface area contributed by atoms with Crippen LogP contribution < -0.4 is 5.73 Å². The normalized spacial score (nSPS) is 14.7. The maximum absolute atomic E-state index is 5.97. The molecule has 0 spiro atoms. The van der Waals surface area contributed by atoms with Gasteiger partial charge in [-0.15, -0.1) is 0 Å². The van der Waals surface area contributed by atoms with Crippen molar-refractivity contribution in [3.8, 4) is 0 Å². The quantitative estimate of drug-likeness (QED) is 0.763. The van der Waals surface area contributed by atoms with Crippen LogP contribution in [0.15, 0.2) is 24.5 Å². The highest BCUT2D eigenvalue weighted by Gasteiger charge is 2.29. The van der Waals surface area contributed by atoms with Crippen molar-refractivity contribution in [2.75, 3.05) is 26.8 Å². The van der Waals surface area contributed by atoms with Gasteiger partial charge in [-0.3, -0.25) is 9.88 Å². The Morgan fingerprint density at radius 1 is 1.39 bits per heavy atom. The highest BCUT2D eigenvalue weighted by Crippen LogP contribution is 2.20. The van der Waals surface area contributed by atoms with Gasteiger partial charge in [0.25, 0.3) is 0 Å². The molecule has 1 heterocycles. The summed E-state index contributed by atoms with van der Waals surface area (Å²) in [6, 6.07) is 4.10. The molecule has 0 fully saturated rings. The van der Waals surface area contributed by atoms with Crippen molar-refractivity contribution in [1.29, 1.82) is 0 Å². The van der Waals surface area contributed by atoms with Gasteiger partial charge < -0.3 is 10.5 Å². The Hall–Kier alpha value is -0.970. The van der Waals surface area contributed by atoms with Crippen molar-refractivity contribution < 1.29 is 4.74 Å². The topological polar surface area (TPSA) is 51.4 Å². The standard InChI is InChI=1S/C14H25N3O/c1-4-17(11-13-5-8-16-9-6-13)14(2,12-15)7-10-18-3/h5-6,8-9H,4,7,10-12,15H2,1-3H3. The number of nitrogens with two attached hydrogens (primary N) is 1. The zero-order valence-corrected chi connectivity index (χ0v) is 11.7. The van der Waals surface area contributed by atoms with E-state index in [9.17, 15) is 0 Å². The Balaban J connectivity index is 2.73. The van der Waals surface area contributed by atoms with Crippen molar-refractivity contribution >= 4 is 0 Å². The van der Waals surface area contributed by atoms with E-state index in [-0.39, 0.29) is 5.54 Å². The van der Waals surface area contributed by atoms with Gasteiger partial charge in [0.15, 0.2) is 0 Å². The van der Waals surface area contributed by atoms with E-state index in [0.29, 0.717) is 6.54 Å². The highest BCUT2D eigenvalue weighted by atomic mass is 16.5. The third-order valence-corrected chi connectivity index (χ3v) is 3.55. The fourth-order valence-corrected chi connectivity index (χ4v) is 2.10. The van der Waals surface area contributed by atoms with E-state index in [1.807, 2.05) is 12.4 Å². The first-order chi connectivity index (χ1) is 8.66. The van der Waals surface area contributed by atoms with E-state index in [2.05, 4.69) is 35.9 Å². The van der Waals surface area contributed by atoms with E-state index in [1.165, 1.54) is 5.56 Å². The Morgan fingerprint density at radius 3 is 2.56 bits per heavy atom. The number of likely N-dealkylation sites (N-methyl/N-ethyl adjacent to an activating group) is 1. The molecular weight excluding hydrogens is 226 g/mol. The smallest absolute Gasteiger partial charge is 0.0480 e. The molecule has 1 rings (SSSR count). The first kappa shape index (κ1) is 15.1. The van der Waals surface area contributed by atoms with E-state index in [4.69, 9.17) is 10.5 Å². The van der Waals surface area contributed by atoms with Crippen molar-refractivity contribution in [2.24, 2.45) is 5.73 Å². The van der Waals surface area contributed by atoms with Crippen LogP contribution in [-0.2, 0) is 11.3 Å². The van der Waals surface area contributed by atoms with E-state index in [1.54, 1.807) is 7.11 Å². The van der Waals surface area contributed by atoms with Crippen LogP contribution >= 0.6 is 0 Å². The van der Waals surface area contributed by atoms with Crippen molar-refractivity contribution in [3.05, 3.63) is 30.1 Å². The fourth-order valence-electron chi connectivity index (χ4n) is 2.10. The lowest BCUT2D eigenvalue weighted by Crippen LogP contribution is -2.51. The van der Waals surface area contributed by atoms with Crippen LogP contribution in [0.5, 0.6) is 0 Å². The second kappa shape index (κ2) is 7.46. The van der Waals surface area contributed by atoms with E-state index in [0.717, 1.165) is 26.1 Å². The number of hydrogen-bond donors (Lipinski definition) is 1. The average Bonchev–Trinajstić information content (AvgIpc) is 2.43. The molecule has 0 aliphatic carbocycles. The summed E-state index contributed by atoms with van der Waals surface area (Å²) < 4.78 is 5.19. The number of nitrogens with zero attached hydrogens (tertiary/aromatic N) is 2. The zero-order valence-electron chi connectivity index (χ0n) is 11.7. The van der Waals surface area contributed by atoms with Gasteiger partial charge in [0.1, 0.15) is 0 Å². The highest BCUT2D eigenvalue weighted by molar-refractivity contribution is 5.10. The van der Waals surface area contributed by atoms with Crippen LogP contribution in [-0.4, -0.2) is 42.2 Å². The molecule has 2 N–H and O–H groups in total. The number of aromatic nitrogens is 1. The van der Waals surface area contributed by atoms with Gasteiger partial charge in [-0.25, -0.2) is 0 Å². The Bertz CT molecular complexity index is 331. The summed E-state index contributed by atoms with van der Waals surface area (Å²) in [6.07, 6.45) is 4.61. The Kier molecular flexibility index (Phi) is 6.25. The molecule has 0 amide bonds. The lowest BCUT2D eigenvalue weighted by atomic mass is 9.95. The van der Waals surface area contributed by atoms with Crippen LogP contribution in [0.4, 0.5) is 0 Å². The first-order valence-corrected chi connectivity index (χ1v) is 6.49. The minimum absolute atomic E-state index is 0.0198. The summed E-state index contributed by atoms with van der Waals surface area (Å²) in [6.45, 7) is 7.62. The third-order valence-electron chi connectivity index (χ3n) is 3.55. The summed E-state index contributed by atoms with van der Waals surface area (Å²) in [5, 5.41) is 0. The monoisotopic (exact) mass is 251 g/mol. The second-order valence-corrected chi connectivity index (χ2v) is 4.81. The summed E-state index contributed by atoms with van der Waals surface area (Å²) >= 11 is 0. The summed E-state index contributed by atoms with van der Waals surface area (Å²) in [5.74, 6) is 0. The van der Waals surface area contributed by atoms with Gasteiger partial charge in [0.05, 0.1) is 0 Å². The Morgan fingerprint density at radius 2 is 2.06 bits per heavy atom. The number of pyridine rings is 1. The molecule has 0 radical (unpaired) electrons.